The van der Waals surface area contributed by atoms with Gasteiger partial charge in [-0.2, -0.15) is 0 Å². The van der Waals surface area contributed by atoms with Crippen molar-refractivity contribution in [3.05, 3.63) is 60.9 Å². The predicted octanol–water partition coefficient (Wildman–Crippen LogP) is 6.10. The molecule has 0 spiro atoms. The summed E-state index contributed by atoms with van der Waals surface area (Å²) in [4.78, 5) is 20.7. The molecule has 0 radical (unpaired) electrons. The third kappa shape index (κ3) is 7.59. The van der Waals surface area contributed by atoms with Crippen LogP contribution < -0.4 is 9.47 Å². The zero-order valence-corrected chi connectivity index (χ0v) is 19.6. The normalized spacial score (nSPS) is 11.6. The van der Waals surface area contributed by atoms with Gasteiger partial charge in [0.2, 0.25) is 0 Å². The minimum Gasteiger partial charge on any atom is -0.494 e. The van der Waals surface area contributed by atoms with E-state index in [1.54, 1.807) is 0 Å². The van der Waals surface area contributed by atoms with Crippen molar-refractivity contribution in [2.45, 2.75) is 52.6 Å². The number of benzene rings is 2. The van der Waals surface area contributed by atoms with E-state index in [0.717, 1.165) is 47.5 Å². The van der Waals surface area contributed by atoms with Gasteiger partial charge in [0.05, 0.1) is 6.61 Å². The molecule has 33 heavy (non-hydrogen) atoms. The van der Waals surface area contributed by atoms with Gasteiger partial charge in [0.15, 0.2) is 5.82 Å². The Morgan fingerprint density at radius 3 is 2.03 bits per heavy atom. The summed E-state index contributed by atoms with van der Waals surface area (Å²) in [5.41, 5.74) is 2.86. The van der Waals surface area contributed by atoms with Crippen LogP contribution >= 0.6 is 0 Å². The van der Waals surface area contributed by atoms with E-state index >= 15 is 0 Å². The van der Waals surface area contributed by atoms with Crippen LogP contribution in [0.2, 0.25) is 0 Å². The molecule has 0 saturated heterocycles. The molecule has 0 aliphatic carbocycles. The van der Waals surface area contributed by atoms with Gasteiger partial charge in [-0.15, -0.1) is 0 Å². The molecule has 0 aliphatic heterocycles. The Morgan fingerprint density at radius 2 is 1.42 bits per heavy atom. The third-order valence-corrected chi connectivity index (χ3v) is 4.98. The molecule has 2 aromatic carbocycles. The molecule has 1 atom stereocenters. The number of unbranched alkanes of at least 4 members (excludes halogenated alkanes) is 1. The fraction of sp³-hybridized carbons (Fsp3) is 0.370. The van der Waals surface area contributed by atoms with E-state index in [0.29, 0.717) is 25.5 Å². The number of carbonyl (C=O) groups excluding carboxylic acids is 1. The van der Waals surface area contributed by atoms with E-state index in [1.165, 1.54) is 0 Å². The van der Waals surface area contributed by atoms with Crippen LogP contribution in [0, 0.1) is 0 Å². The van der Waals surface area contributed by atoms with Crippen molar-refractivity contribution in [3.63, 3.8) is 0 Å². The first-order valence-electron chi connectivity index (χ1n) is 11.6. The van der Waals surface area contributed by atoms with Crippen molar-refractivity contribution < 1.29 is 19.0 Å². The molecule has 6 nitrogen and oxygen atoms in total. The van der Waals surface area contributed by atoms with Crippen molar-refractivity contribution in [1.82, 2.24) is 9.97 Å². The van der Waals surface area contributed by atoms with Gasteiger partial charge in [-0.05, 0) is 61.7 Å². The molecule has 0 saturated carbocycles. The molecule has 3 aromatic rings. The summed E-state index contributed by atoms with van der Waals surface area (Å²) in [5.74, 6) is 2.07. The Bertz CT molecular complexity index is 986. The first kappa shape index (κ1) is 24.2. The second-order valence-corrected chi connectivity index (χ2v) is 7.91. The molecule has 3 rings (SSSR count). The van der Waals surface area contributed by atoms with E-state index in [-0.39, 0.29) is 12.1 Å². The third-order valence-electron chi connectivity index (χ3n) is 4.98. The fourth-order valence-corrected chi connectivity index (χ4v) is 3.14. The van der Waals surface area contributed by atoms with Gasteiger partial charge in [0.25, 0.3) is 0 Å². The molecule has 0 aliphatic rings. The molecule has 1 heterocycles. The summed E-state index contributed by atoms with van der Waals surface area (Å²) >= 11 is 0. The van der Waals surface area contributed by atoms with E-state index in [2.05, 4.69) is 16.9 Å². The van der Waals surface area contributed by atoms with Crippen LogP contribution in [0.5, 0.6) is 11.5 Å². The van der Waals surface area contributed by atoms with E-state index in [1.807, 2.05) is 74.8 Å². The molecular formula is C27H32N2O4. The highest BCUT2D eigenvalue weighted by molar-refractivity contribution is 5.69. The summed E-state index contributed by atoms with van der Waals surface area (Å²) in [7, 11) is 0. The molecule has 1 unspecified atom stereocenters. The topological polar surface area (TPSA) is 70.5 Å². The van der Waals surface area contributed by atoms with Crippen LogP contribution in [0.4, 0.5) is 0 Å². The van der Waals surface area contributed by atoms with E-state index in [9.17, 15) is 4.79 Å². The van der Waals surface area contributed by atoms with Crippen molar-refractivity contribution in [2.24, 2.45) is 0 Å². The Hall–Kier alpha value is -3.41. The minimum atomic E-state index is -0.290. The SMILES string of the molecule is CCCCC(=O)OC(C)COc1ccc(-c2cnc(-c3ccc(OCCC)cc3)nc2)cc1. The Kier molecular flexibility index (Phi) is 9.24. The number of hydrogen-bond donors (Lipinski definition) is 0. The molecule has 1 aromatic heterocycles. The van der Waals surface area contributed by atoms with Gasteiger partial charge >= 0.3 is 5.97 Å². The second kappa shape index (κ2) is 12.6. The van der Waals surface area contributed by atoms with Gasteiger partial charge in [-0.3, -0.25) is 4.79 Å². The Morgan fingerprint density at radius 1 is 0.818 bits per heavy atom. The van der Waals surface area contributed by atoms with Gasteiger partial charge in [-0.25, -0.2) is 9.97 Å². The lowest BCUT2D eigenvalue weighted by Gasteiger charge is -2.14. The maximum Gasteiger partial charge on any atom is 0.306 e. The van der Waals surface area contributed by atoms with Crippen LogP contribution in [-0.2, 0) is 9.53 Å². The van der Waals surface area contributed by atoms with Crippen LogP contribution in [-0.4, -0.2) is 35.3 Å². The summed E-state index contributed by atoms with van der Waals surface area (Å²) in [6.07, 6.45) is 6.60. The van der Waals surface area contributed by atoms with Crippen molar-refractivity contribution in [2.75, 3.05) is 13.2 Å². The molecule has 0 bridgehead atoms. The van der Waals surface area contributed by atoms with Crippen LogP contribution in [0.1, 0.15) is 46.5 Å². The molecule has 6 heteroatoms. The van der Waals surface area contributed by atoms with Crippen LogP contribution in [0.15, 0.2) is 60.9 Å². The van der Waals surface area contributed by atoms with Gasteiger partial charge in [-0.1, -0.05) is 32.4 Å². The number of nitrogens with zero attached hydrogens (tertiary/aromatic N) is 2. The van der Waals surface area contributed by atoms with Crippen LogP contribution in [0.25, 0.3) is 22.5 Å². The van der Waals surface area contributed by atoms with E-state index < -0.39 is 0 Å². The number of carbonyl (C=O) groups is 1. The molecular weight excluding hydrogens is 416 g/mol. The predicted molar refractivity (Wildman–Crippen MR) is 129 cm³/mol. The molecule has 0 N–H and O–H groups in total. The first-order valence-corrected chi connectivity index (χ1v) is 11.6. The number of rotatable bonds is 12. The number of aromatic nitrogens is 2. The Labute approximate surface area is 196 Å². The largest absolute Gasteiger partial charge is 0.494 e. The summed E-state index contributed by atoms with van der Waals surface area (Å²) in [6, 6.07) is 15.5. The Balaban J connectivity index is 1.53. The maximum absolute atomic E-state index is 11.7. The lowest BCUT2D eigenvalue weighted by Crippen LogP contribution is -2.21. The van der Waals surface area contributed by atoms with Crippen molar-refractivity contribution >= 4 is 5.97 Å². The van der Waals surface area contributed by atoms with Crippen LogP contribution in [0.3, 0.4) is 0 Å². The molecule has 0 fully saturated rings. The zero-order valence-electron chi connectivity index (χ0n) is 19.6. The minimum absolute atomic E-state index is 0.174. The lowest BCUT2D eigenvalue weighted by molar-refractivity contribution is -0.149. The highest BCUT2D eigenvalue weighted by Gasteiger charge is 2.10. The van der Waals surface area contributed by atoms with Gasteiger partial charge in [0, 0.05) is 29.9 Å². The summed E-state index contributed by atoms with van der Waals surface area (Å²) in [5, 5.41) is 0. The average Bonchev–Trinajstić information content (AvgIpc) is 2.86. The summed E-state index contributed by atoms with van der Waals surface area (Å²) < 4.78 is 16.7. The number of esters is 1. The second-order valence-electron chi connectivity index (χ2n) is 7.91. The van der Waals surface area contributed by atoms with Gasteiger partial charge in [0.1, 0.15) is 24.2 Å². The lowest BCUT2D eigenvalue weighted by atomic mass is 10.1. The van der Waals surface area contributed by atoms with E-state index in [4.69, 9.17) is 14.2 Å². The highest BCUT2D eigenvalue weighted by Crippen LogP contribution is 2.24. The monoisotopic (exact) mass is 448 g/mol. The first-order chi connectivity index (χ1) is 16.1. The zero-order chi connectivity index (χ0) is 23.5. The fourth-order valence-electron chi connectivity index (χ4n) is 3.14. The standard InChI is InChI=1S/C27H32N2O4/c1-4-6-7-26(30)33-20(3)19-32-25-12-8-21(9-13-25)23-17-28-27(29-18-23)22-10-14-24(15-11-22)31-16-5-2/h8-15,17-18,20H,4-7,16,19H2,1-3H3. The summed E-state index contributed by atoms with van der Waals surface area (Å²) in [6.45, 7) is 6.99. The quantitative estimate of drug-likeness (QED) is 0.312. The molecule has 0 amide bonds. The number of hydrogen-bond acceptors (Lipinski definition) is 6. The maximum atomic E-state index is 11.7. The number of ether oxygens (including phenoxy) is 3. The van der Waals surface area contributed by atoms with Crippen molar-refractivity contribution in [1.29, 1.82) is 0 Å². The highest BCUT2D eigenvalue weighted by atomic mass is 16.6. The van der Waals surface area contributed by atoms with Crippen molar-refractivity contribution in [3.8, 4) is 34.0 Å². The molecule has 174 valence electrons. The van der Waals surface area contributed by atoms with Gasteiger partial charge < -0.3 is 14.2 Å². The smallest absolute Gasteiger partial charge is 0.306 e. The average molecular weight is 449 g/mol.